The second-order valence-electron chi connectivity index (χ2n) is 11.8. The number of ether oxygens (including phenoxy) is 2. The average Bonchev–Trinajstić information content (AvgIpc) is 3.08. The molecule has 3 amide bonds. The first-order valence-electron chi connectivity index (χ1n) is 18.0. The molecule has 0 aromatic heterocycles. The predicted octanol–water partition coefficient (Wildman–Crippen LogP) is 7.04. The van der Waals surface area contributed by atoms with Crippen LogP contribution in [0, 0.1) is 0 Å². The Bertz CT molecular complexity index is 1190. The molecule has 1 aliphatic carbocycles. The van der Waals surface area contributed by atoms with Crippen LogP contribution in [0.4, 0.5) is 0 Å². The molecule has 9 nitrogen and oxygen atoms in total. The van der Waals surface area contributed by atoms with Crippen molar-refractivity contribution in [1.29, 1.82) is 0 Å². The highest BCUT2D eigenvalue weighted by atomic mass is 16.5. The van der Waals surface area contributed by atoms with E-state index >= 15 is 0 Å². The van der Waals surface area contributed by atoms with E-state index in [0.717, 1.165) is 51.4 Å². The van der Waals surface area contributed by atoms with Crippen molar-refractivity contribution in [3.8, 4) is 0 Å². The SMILES string of the molecule is CC/C=C\C/C=C\C/C=C\C/C=C\C/C=C\C/C=C\CCC(=O)NCC(=O)N[C@H]1CC(C(=O)OCC)=C[C@@H](OC(CC)CC)[C@@H]1NC(C)=O. The Labute approximate surface area is 295 Å². The van der Waals surface area contributed by atoms with Gasteiger partial charge in [0.15, 0.2) is 0 Å². The molecular weight excluding hydrogens is 618 g/mol. The van der Waals surface area contributed by atoms with Gasteiger partial charge in [-0.3, -0.25) is 14.4 Å². The Kier molecular flexibility index (Phi) is 24.5. The molecule has 0 unspecified atom stereocenters. The summed E-state index contributed by atoms with van der Waals surface area (Å²) >= 11 is 0. The van der Waals surface area contributed by atoms with E-state index < -0.39 is 30.1 Å². The van der Waals surface area contributed by atoms with E-state index in [2.05, 4.69) is 83.6 Å². The molecule has 0 radical (unpaired) electrons. The summed E-state index contributed by atoms with van der Waals surface area (Å²) in [6, 6.07) is -1.22. The summed E-state index contributed by atoms with van der Waals surface area (Å²) in [5.74, 6) is -1.42. The molecule has 272 valence electrons. The molecule has 0 heterocycles. The fourth-order valence-corrected chi connectivity index (χ4v) is 5.10. The Morgan fingerprint density at radius 3 is 1.78 bits per heavy atom. The second-order valence-corrected chi connectivity index (χ2v) is 11.8. The molecule has 0 aromatic rings. The van der Waals surface area contributed by atoms with Crippen LogP contribution in [0.15, 0.2) is 84.6 Å². The Hall–Kier alpha value is -3.98. The zero-order chi connectivity index (χ0) is 36.1. The first-order chi connectivity index (χ1) is 23.7. The number of allylic oxidation sites excluding steroid dienone is 12. The van der Waals surface area contributed by atoms with Gasteiger partial charge in [-0.15, -0.1) is 0 Å². The molecule has 0 saturated heterocycles. The van der Waals surface area contributed by atoms with Crippen molar-refractivity contribution in [3.05, 3.63) is 84.6 Å². The minimum atomic E-state index is -0.636. The van der Waals surface area contributed by atoms with E-state index in [4.69, 9.17) is 9.47 Å². The number of nitrogens with one attached hydrogen (secondary N) is 3. The normalized spacial score (nSPS) is 18.4. The zero-order valence-electron chi connectivity index (χ0n) is 30.5. The Morgan fingerprint density at radius 1 is 0.755 bits per heavy atom. The van der Waals surface area contributed by atoms with Gasteiger partial charge in [0.2, 0.25) is 17.7 Å². The third kappa shape index (κ3) is 20.9. The van der Waals surface area contributed by atoms with Gasteiger partial charge in [-0.1, -0.05) is 93.7 Å². The fraction of sp³-hybridized carbons (Fsp3) is 0.550. The monoisotopic (exact) mass is 679 g/mol. The molecule has 49 heavy (non-hydrogen) atoms. The lowest BCUT2D eigenvalue weighted by Gasteiger charge is -2.38. The summed E-state index contributed by atoms with van der Waals surface area (Å²) in [7, 11) is 0. The van der Waals surface area contributed by atoms with Crippen LogP contribution in [0.1, 0.15) is 105 Å². The summed E-state index contributed by atoms with van der Waals surface area (Å²) in [6.07, 6.45) is 34.8. The van der Waals surface area contributed by atoms with Crippen molar-refractivity contribution in [2.45, 2.75) is 130 Å². The molecule has 1 aliphatic rings. The van der Waals surface area contributed by atoms with Crippen molar-refractivity contribution < 1.29 is 28.7 Å². The molecule has 3 atom stereocenters. The van der Waals surface area contributed by atoms with E-state index in [1.807, 2.05) is 26.0 Å². The topological polar surface area (TPSA) is 123 Å². The third-order valence-corrected chi connectivity index (χ3v) is 7.69. The van der Waals surface area contributed by atoms with Crippen molar-refractivity contribution >= 4 is 23.7 Å². The molecule has 0 saturated carbocycles. The van der Waals surface area contributed by atoms with Crippen LogP contribution in [-0.4, -0.2) is 61.1 Å². The lowest BCUT2D eigenvalue weighted by Crippen LogP contribution is -2.60. The van der Waals surface area contributed by atoms with Crippen LogP contribution in [0.5, 0.6) is 0 Å². The van der Waals surface area contributed by atoms with E-state index in [9.17, 15) is 19.2 Å². The molecule has 3 N–H and O–H groups in total. The summed E-state index contributed by atoms with van der Waals surface area (Å²) in [5.41, 5.74) is 0.380. The predicted molar refractivity (Wildman–Crippen MR) is 199 cm³/mol. The number of carbonyl (C=O) groups excluding carboxylic acids is 4. The van der Waals surface area contributed by atoms with Crippen molar-refractivity contribution in [1.82, 2.24) is 16.0 Å². The number of hydrogen-bond acceptors (Lipinski definition) is 6. The van der Waals surface area contributed by atoms with Gasteiger partial charge in [0.1, 0.15) is 0 Å². The summed E-state index contributed by atoms with van der Waals surface area (Å²) in [5, 5.41) is 8.44. The van der Waals surface area contributed by atoms with Crippen LogP contribution in [0.2, 0.25) is 0 Å². The van der Waals surface area contributed by atoms with E-state index in [0.29, 0.717) is 12.0 Å². The minimum Gasteiger partial charge on any atom is -0.463 e. The number of amides is 3. The van der Waals surface area contributed by atoms with Crippen molar-refractivity contribution in [2.24, 2.45) is 0 Å². The van der Waals surface area contributed by atoms with Gasteiger partial charge in [0.25, 0.3) is 0 Å². The summed E-state index contributed by atoms with van der Waals surface area (Å²) in [4.78, 5) is 50.0. The molecule has 0 spiro atoms. The largest absolute Gasteiger partial charge is 0.463 e. The number of carbonyl (C=O) groups is 4. The molecule has 1 rings (SSSR count). The maximum Gasteiger partial charge on any atom is 0.333 e. The van der Waals surface area contributed by atoms with Crippen LogP contribution >= 0.6 is 0 Å². The molecule has 9 heteroatoms. The standard InChI is InChI=1S/C40H61N3O6/c1-6-10-11-12-13-14-15-16-17-18-19-20-21-22-23-24-25-26-27-28-37(45)41-31-38(46)43-35-29-33(40(47)48-9-4)30-36(39(35)42-32(5)44)49-34(7-2)8-3/h10-11,13-14,16-17,19-20,22-23,25-26,30,34-36,39H,6-9,12,15,18,21,24,27-29,31H2,1-5H3,(H,41,45)(H,42,44)(H,43,46)/b11-10-,14-13-,17-16-,20-19-,23-22-,26-25-/t35-,36+,39+/m0/s1. The van der Waals surface area contributed by atoms with E-state index in [1.54, 1.807) is 13.0 Å². The molecule has 0 aliphatic heterocycles. The fourth-order valence-electron chi connectivity index (χ4n) is 5.10. The third-order valence-electron chi connectivity index (χ3n) is 7.69. The highest BCUT2D eigenvalue weighted by Crippen LogP contribution is 2.25. The number of hydrogen-bond donors (Lipinski definition) is 3. The Balaban J connectivity index is 2.45. The van der Waals surface area contributed by atoms with Crippen molar-refractivity contribution in [2.75, 3.05) is 13.2 Å². The Morgan fingerprint density at radius 2 is 1.29 bits per heavy atom. The first-order valence-corrected chi connectivity index (χ1v) is 18.0. The van der Waals surface area contributed by atoms with Gasteiger partial charge in [-0.2, -0.15) is 0 Å². The maximum absolute atomic E-state index is 12.9. The van der Waals surface area contributed by atoms with Crippen molar-refractivity contribution in [3.63, 3.8) is 0 Å². The quantitative estimate of drug-likeness (QED) is 0.0744. The molecule has 0 bridgehead atoms. The molecular formula is C40H61N3O6. The van der Waals surface area contributed by atoms with Crippen LogP contribution in [0.3, 0.4) is 0 Å². The summed E-state index contributed by atoms with van der Waals surface area (Å²) < 4.78 is 11.5. The van der Waals surface area contributed by atoms with Gasteiger partial charge >= 0.3 is 5.97 Å². The van der Waals surface area contributed by atoms with Gasteiger partial charge in [0, 0.05) is 25.3 Å². The summed E-state index contributed by atoms with van der Waals surface area (Å²) in [6.45, 7) is 9.27. The average molecular weight is 680 g/mol. The minimum absolute atomic E-state index is 0.0872. The van der Waals surface area contributed by atoms with Crippen LogP contribution in [0.25, 0.3) is 0 Å². The number of rotatable bonds is 24. The second kappa shape index (κ2) is 27.9. The zero-order valence-corrected chi connectivity index (χ0v) is 30.5. The van der Waals surface area contributed by atoms with Crippen LogP contribution in [-0.2, 0) is 28.7 Å². The van der Waals surface area contributed by atoms with Gasteiger partial charge in [-0.25, -0.2) is 4.79 Å². The first kappa shape index (κ1) is 43.0. The lowest BCUT2D eigenvalue weighted by molar-refractivity contribution is -0.139. The number of esters is 1. The van der Waals surface area contributed by atoms with Gasteiger partial charge < -0.3 is 25.4 Å². The molecule has 0 aromatic carbocycles. The van der Waals surface area contributed by atoms with Crippen LogP contribution < -0.4 is 16.0 Å². The van der Waals surface area contributed by atoms with Gasteiger partial charge in [-0.05, 0) is 70.8 Å². The van der Waals surface area contributed by atoms with E-state index in [-0.39, 0.29) is 43.9 Å². The lowest BCUT2D eigenvalue weighted by atomic mass is 9.87. The van der Waals surface area contributed by atoms with E-state index in [1.165, 1.54) is 6.92 Å². The highest BCUT2D eigenvalue weighted by molar-refractivity contribution is 5.90. The highest BCUT2D eigenvalue weighted by Gasteiger charge is 2.38. The maximum atomic E-state index is 12.9. The van der Waals surface area contributed by atoms with Gasteiger partial charge in [0.05, 0.1) is 37.4 Å². The molecule has 0 fully saturated rings. The smallest absolute Gasteiger partial charge is 0.333 e.